The summed E-state index contributed by atoms with van der Waals surface area (Å²) in [7, 11) is 0. The van der Waals surface area contributed by atoms with Crippen molar-refractivity contribution in [1.29, 1.82) is 0 Å². The molecule has 0 unspecified atom stereocenters. The van der Waals surface area contributed by atoms with Crippen molar-refractivity contribution in [3.8, 4) is 11.3 Å². The summed E-state index contributed by atoms with van der Waals surface area (Å²) in [6.45, 7) is 0. The van der Waals surface area contributed by atoms with E-state index in [2.05, 4.69) is 20.3 Å². The molecule has 4 rings (SSSR count). The lowest BCUT2D eigenvalue weighted by atomic mass is 10.1. The molecule has 0 saturated heterocycles. The number of aromatic nitrogens is 3. The Morgan fingerprint density at radius 1 is 1.26 bits per heavy atom. The smallest absolute Gasteiger partial charge is 0.228 e. The van der Waals surface area contributed by atoms with E-state index >= 15 is 0 Å². The zero-order valence-electron chi connectivity index (χ0n) is 12.4. The lowest BCUT2D eigenvalue weighted by Crippen LogP contribution is -2.14. The molecule has 114 valence electrons. The number of nitrogens with zero attached hydrogens (tertiary/aromatic N) is 3. The number of rotatable bonds is 3. The van der Waals surface area contributed by atoms with Crippen LogP contribution in [0, 0.1) is 5.92 Å². The molecule has 3 heterocycles. The molecule has 3 aromatic rings. The number of carbonyl (C=O) groups excluding carboxylic acids is 1. The summed E-state index contributed by atoms with van der Waals surface area (Å²) in [5, 5.41) is 4.50. The highest BCUT2D eigenvalue weighted by Gasteiger charge is 2.29. The summed E-state index contributed by atoms with van der Waals surface area (Å²) in [6.07, 6.45) is 7.02. The van der Waals surface area contributed by atoms with Crippen LogP contribution in [0.1, 0.15) is 12.8 Å². The maximum Gasteiger partial charge on any atom is 0.228 e. The van der Waals surface area contributed by atoms with E-state index in [0.717, 1.165) is 34.9 Å². The van der Waals surface area contributed by atoms with Gasteiger partial charge in [-0.3, -0.25) is 9.78 Å². The van der Waals surface area contributed by atoms with Crippen LogP contribution in [-0.2, 0) is 4.79 Å². The average molecular weight is 305 g/mol. The third kappa shape index (κ3) is 2.70. The minimum atomic E-state index is 0.0337. The molecule has 23 heavy (non-hydrogen) atoms. The summed E-state index contributed by atoms with van der Waals surface area (Å²) < 4.78 is 0. The van der Waals surface area contributed by atoms with E-state index in [9.17, 15) is 4.79 Å². The molecule has 3 N–H and O–H groups in total. The Bertz CT molecular complexity index is 890. The quantitative estimate of drug-likeness (QED) is 0.775. The largest absolute Gasteiger partial charge is 0.383 e. The van der Waals surface area contributed by atoms with Gasteiger partial charge in [0.25, 0.3) is 0 Å². The molecule has 0 radical (unpaired) electrons. The summed E-state index contributed by atoms with van der Waals surface area (Å²) in [6, 6.07) is 7.54. The molecule has 1 amide bonds. The van der Waals surface area contributed by atoms with E-state index in [1.807, 2.05) is 24.3 Å². The van der Waals surface area contributed by atoms with Crippen molar-refractivity contribution >= 4 is 28.3 Å². The normalized spacial score (nSPS) is 13.9. The van der Waals surface area contributed by atoms with Crippen molar-refractivity contribution in [2.75, 3.05) is 11.1 Å². The highest BCUT2D eigenvalue weighted by molar-refractivity contribution is 5.98. The Balaban J connectivity index is 1.75. The first-order chi connectivity index (χ1) is 11.2. The lowest BCUT2D eigenvalue weighted by Gasteiger charge is -2.08. The third-order valence-electron chi connectivity index (χ3n) is 3.90. The Labute approximate surface area is 132 Å². The van der Waals surface area contributed by atoms with E-state index in [1.165, 1.54) is 0 Å². The molecule has 6 nitrogen and oxygen atoms in total. The molecule has 0 atom stereocenters. The lowest BCUT2D eigenvalue weighted by molar-refractivity contribution is -0.117. The monoisotopic (exact) mass is 305 g/mol. The number of anilines is 2. The van der Waals surface area contributed by atoms with Gasteiger partial charge in [0.1, 0.15) is 11.6 Å². The predicted octanol–water partition coefficient (Wildman–Crippen LogP) is 2.62. The van der Waals surface area contributed by atoms with E-state index < -0.39 is 0 Å². The highest BCUT2D eigenvalue weighted by Crippen LogP contribution is 2.31. The van der Waals surface area contributed by atoms with Gasteiger partial charge >= 0.3 is 0 Å². The molecule has 0 aromatic carbocycles. The van der Waals surface area contributed by atoms with Crippen LogP contribution in [0.3, 0.4) is 0 Å². The number of amides is 1. The molecular formula is C17H15N5O. The molecule has 1 fully saturated rings. The van der Waals surface area contributed by atoms with Crippen LogP contribution in [0.5, 0.6) is 0 Å². The van der Waals surface area contributed by atoms with Crippen molar-refractivity contribution in [1.82, 2.24) is 15.0 Å². The fraction of sp³-hybridized carbons (Fsp3) is 0.176. The van der Waals surface area contributed by atoms with Crippen molar-refractivity contribution in [2.45, 2.75) is 12.8 Å². The molecule has 6 heteroatoms. The van der Waals surface area contributed by atoms with Crippen molar-refractivity contribution in [2.24, 2.45) is 5.92 Å². The molecule has 3 aromatic heterocycles. The molecule has 0 spiro atoms. The number of hydrogen-bond donors (Lipinski definition) is 2. The molecule has 1 aliphatic rings. The van der Waals surface area contributed by atoms with Crippen molar-refractivity contribution in [3.05, 3.63) is 42.9 Å². The first-order valence-corrected chi connectivity index (χ1v) is 7.48. The summed E-state index contributed by atoms with van der Waals surface area (Å²) in [4.78, 5) is 24.6. The second-order valence-corrected chi connectivity index (χ2v) is 5.69. The molecule has 0 bridgehead atoms. The topological polar surface area (TPSA) is 93.8 Å². The molecule has 1 aliphatic carbocycles. The van der Waals surface area contributed by atoms with E-state index in [0.29, 0.717) is 11.6 Å². The van der Waals surface area contributed by atoms with Gasteiger partial charge in [0.2, 0.25) is 5.91 Å². The van der Waals surface area contributed by atoms with Gasteiger partial charge in [-0.05, 0) is 42.5 Å². The van der Waals surface area contributed by atoms with Crippen LogP contribution in [0.2, 0.25) is 0 Å². The first-order valence-electron chi connectivity index (χ1n) is 7.48. The average Bonchev–Trinajstić information content (AvgIpc) is 3.40. The number of hydrogen-bond acceptors (Lipinski definition) is 5. The van der Waals surface area contributed by atoms with Crippen LogP contribution in [0.4, 0.5) is 11.6 Å². The van der Waals surface area contributed by atoms with Crippen LogP contribution >= 0.6 is 0 Å². The number of nitrogens with two attached hydrogens (primary N) is 1. The van der Waals surface area contributed by atoms with E-state index in [1.54, 1.807) is 18.6 Å². The molecular weight excluding hydrogens is 290 g/mol. The Morgan fingerprint density at radius 2 is 2.13 bits per heavy atom. The van der Waals surface area contributed by atoms with E-state index in [-0.39, 0.29) is 11.8 Å². The van der Waals surface area contributed by atoms with Gasteiger partial charge in [0, 0.05) is 35.5 Å². The van der Waals surface area contributed by atoms with Crippen LogP contribution in [0.15, 0.2) is 42.9 Å². The summed E-state index contributed by atoms with van der Waals surface area (Å²) >= 11 is 0. The fourth-order valence-electron chi connectivity index (χ4n) is 2.48. The number of nitrogens with one attached hydrogen (secondary N) is 1. The van der Waals surface area contributed by atoms with Gasteiger partial charge < -0.3 is 11.1 Å². The van der Waals surface area contributed by atoms with Gasteiger partial charge in [0.05, 0.1) is 5.69 Å². The first kappa shape index (κ1) is 13.6. The second kappa shape index (κ2) is 5.31. The predicted molar refractivity (Wildman–Crippen MR) is 88.5 cm³/mol. The maximum atomic E-state index is 11.9. The Morgan fingerprint density at radius 3 is 2.87 bits per heavy atom. The summed E-state index contributed by atoms with van der Waals surface area (Å²) in [5.41, 5.74) is 7.68. The minimum absolute atomic E-state index is 0.0337. The summed E-state index contributed by atoms with van der Waals surface area (Å²) in [5.74, 6) is 1.12. The molecule has 1 saturated carbocycles. The maximum absolute atomic E-state index is 11.9. The SMILES string of the molecule is Nc1nc(-c2cccnc2)cc2cc(NC(=O)C3CC3)ncc12. The van der Waals surface area contributed by atoms with Crippen LogP contribution < -0.4 is 11.1 Å². The zero-order valence-corrected chi connectivity index (χ0v) is 12.4. The highest BCUT2D eigenvalue weighted by atomic mass is 16.2. The van der Waals surface area contributed by atoms with Crippen LogP contribution in [-0.4, -0.2) is 20.9 Å². The number of carbonyl (C=O) groups is 1. The Kier molecular flexibility index (Phi) is 3.15. The van der Waals surface area contributed by atoms with Crippen LogP contribution in [0.25, 0.3) is 22.0 Å². The van der Waals surface area contributed by atoms with Gasteiger partial charge in [-0.2, -0.15) is 0 Å². The Hall–Kier alpha value is -3.02. The van der Waals surface area contributed by atoms with E-state index in [4.69, 9.17) is 5.73 Å². The number of fused-ring (bicyclic) bond motifs is 1. The van der Waals surface area contributed by atoms with Gasteiger partial charge in [-0.25, -0.2) is 9.97 Å². The minimum Gasteiger partial charge on any atom is -0.383 e. The van der Waals surface area contributed by atoms with Crippen molar-refractivity contribution < 1.29 is 4.79 Å². The van der Waals surface area contributed by atoms with Gasteiger partial charge in [0.15, 0.2) is 0 Å². The standard InChI is InChI=1S/C17H15N5O/c18-16-13-9-20-15(22-17(23)10-3-4-10)7-12(13)6-14(21-16)11-2-1-5-19-8-11/h1-2,5-10H,3-4H2,(H2,18,21)(H,20,22,23). The van der Waals surface area contributed by atoms with Crippen molar-refractivity contribution in [3.63, 3.8) is 0 Å². The number of pyridine rings is 3. The zero-order chi connectivity index (χ0) is 15.8. The third-order valence-corrected chi connectivity index (χ3v) is 3.90. The molecule has 0 aliphatic heterocycles. The second-order valence-electron chi connectivity index (χ2n) is 5.69. The van der Waals surface area contributed by atoms with Gasteiger partial charge in [-0.1, -0.05) is 0 Å². The fourth-order valence-corrected chi connectivity index (χ4v) is 2.48. The number of nitrogen functional groups attached to an aromatic ring is 1. The van der Waals surface area contributed by atoms with Gasteiger partial charge in [-0.15, -0.1) is 0 Å².